The van der Waals surface area contributed by atoms with Crippen molar-refractivity contribution in [1.82, 2.24) is 9.21 Å². The molecule has 0 aliphatic carbocycles. The van der Waals surface area contributed by atoms with Crippen LogP contribution in [0.3, 0.4) is 0 Å². The lowest BCUT2D eigenvalue weighted by Gasteiger charge is -2.20. The zero-order chi connectivity index (χ0) is 13.1. The summed E-state index contributed by atoms with van der Waals surface area (Å²) in [6.07, 6.45) is 0. The molecule has 0 atom stereocenters. The second kappa shape index (κ2) is 5.95. The van der Waals surface area contributed by atoms with Gasteiger partial charge < -0.3 is 4.90 Å². The van der Waals surface area contributed by atoms with Crippen LogP contribution in [-0.2, 0) is 10.0 Å². The highest BCUT2D eigenvalue weighted by molar-refractivity contribution is 9.10. The quantitative estimate of drug-likeness (QED) is 0.828. The molecular formula is C11H17BrN2O2S. The van der Waals surface area contributed by atoms with Crippen LogP contribution in [0.25, 0.3) is 0 Å². The summed E-state index contributed by atoms with van der Waals surface area (Å²) in [5.41, 5.74) is 0. The van der Waals surface area contributed by atoms with Gasteiger partial charge in [0.2, 0.25) is 10.0 Å². The lowest BCUT2D eigenvalue weighted by Crippen LogP contribution is -2.33. The van der Waals surface area contributed by atoms with Crippen molar-refractivity contribution < 1.29 is 8.42 Å². The van der Waals surface area contributed by atoms with Gasteiger partial charge in [0.1, 0.15) is 0 Å². The van der Waals surface area contributed by atoms with Gasteiger partial charge in [-0.05, 0) is 42.2 Å². The van der Waals surface area contributed by atoms with Crippen LogP contribution in [0.4, 0.5) is 0 Å². The first-order valence-corrected chi connectivity index (χ1v) is 7.44. The Bertz CT molecular complexity index is 474. The molecule has 6 heteroatoms. The van der Waals surface area contributed by atoms with Crippen molar-refractivity contribution in [2.24, 2.45) is 0 Å². The third kappa shape index (κ3) is 3.77. The normalized spacial score (nSPS) is 12.4. The first kappa shape index (κ1) is 14.6. The van der Waals surface area contributed by atoms with Crippen molar-refractivity contribution in [2.75, 3.05) is 34.2 Å². The predicted octanol–water partition coefficient (Wildman–Crippen LogP) is 1.63. The molecule has 0 amide bonds. The summed E-state index contributed by atoms with van der Waals surface area (Å²) in [6, 6.07) is 6.85. The van der Waals surface area contributed by atoms with Gasteiger partial charge in [0.25, 0.3) is 0 Å². The molecule has 4 nitrogen and oxygen atoms in total. The fraction of sp³-hybridized carbons (Fsp3) is 0.455. The molecule has 0 aromatic heterocycles. The number of likely N-dealkylation sites (N-methyl/N-ethyl adjacent to an activating group) is 2. The van der Waals surface area contributed by atoms with Gasteiger partial charge in [-0.1, -0.05) is 12.1 Å². The average molecular weight is 321 g/mol. The van der Waals surface area contributed by atoms with Crippen molar-refractivity contribution in [2.45, 2.75) is 4.90 Å². The smallest absolute Gasteiger partial charge is 0.243 e. The van der Waals surface area contributed by atoms with Gasteiger partial charge in [0.05, 0.1) is 4.90 Å². The van der Waals surface area contributed by atoms with Gasteiger partial charge in [-0.2, -0.15) is 4.31 Å². The summed E-state index contributed by atoms with van der Waals surface area (Å²) >= 11 is 3.26. The van der Waals surface area contributed by atoms with Crippen LogP contribution in [-0.4, -0.2) is 51.9 Å². The second-order valence-corrected chi connectivity index (χ2v) is 6.93. The van der Waals surface area contributed by atoms with Gasteiger partial charge in [-0.15, -0.1) is 0 Å². The van der Waals surface area contributed by atoms with E-state index >= 15 is 0 Å². The van der Waals surface area contributed by atoms with Gasteiger partial charge in [-0.25, -0.2) is 8.42 Å². The van der Waals surface area contributed by atoms with Crippen LogP contribution in [0, 0.1) is 0 Å². The number of hydrogen-bond donors (Lipinski definition) is 0. The molecule has 0 saturated carbocycles. The van der Waals surface area contributed by atoms with Crippen molar-refractivity contribution in [1.29, 1.82) is 0 Å². The fourth-order valence-electron chi connectivity index (χ4n) is 1.28. The molecule has 0 heterocycles. The van der Waals surface area contributed by atoms with E-state index in [1.807, 2.05) is 19.0 Å². The Morgan fingerprint density at radius 1 is 1.12 bits per heavy atom. The minimum atomic E-state index is -3.41. The van der Waals surface area contributed by atoms with Crippen LogP contribution < -0.4 is 0 Å². The van der Waals surface area contributed by atoms with E-state index in [9.17, 15) is 8.42 Å². The van der Waals surface area contributed by atoms with E-state index in [1.54, 1.807) is 31.3 Å². The SMILES string of the molecule is CN(C)CCN(C)S(=O)(=O)c1ccccc1Br. The van der Waals surface area contributed by atoms with Gasteiger partial charge in [0, 0.05) is 24.6 Å². The number of halogens is 1. The molecule has 0 spiro atoms. The van der Waals surface area contributed by atoms with Crippen molar-refractivity contribution in [3.63, 3.8) is 0 Å². The van der Waals surface area contributed by atoms with E-state index < -0.39 is 10.0 Å². The maximum Gasteiger partial charge on any atom is 0.243 e. The lowest BCUT2D eigenvalue weighted by molar-refractivity contribution is 0.358. The largest absolute Gasteiger partial charge is 0.308 e. The number of benzene rings is 1. The van der Waals surface area contributed by atoms with Crippen molar-refractivity contribution >= 4 is 26.0 Å². The van der Waals surface area contributed by atoms with E-state index in [0.29, 0.717) is 22.5 Å². The van der Waals surface area contributed by atoms with Gasteiger partial charge >= 0.3 is 0 Å². The highest BCUT2D eigenvalue weighted by atomic mass is 79.9. The Balaban J connectivity index is 2.92. The number of sulfonamides is 1. The maximum atomic E-state index is 12.2. The zero-order valence-electron chi connectivity index (χ0n) is 10.2. The lowest BCUT2D eigenvalue weighted by atomic mass is 10.4. The molecule has 0 saturated heterocycles. The molecule has 0 fully saturated rings. The number of nitrogens with zero attached hydrogens (tertiary/aromatic N) is 2. The summed E-state index contributed by atoms with van der Waals surface area (Å²) < 4.78 is 26.4. The van der Waals surface area contributed by atoms with Crippen molar-refractivity contribution in [3.8, 4) is 0 Å². The first-order valence-electron chi connectivity index (χ1n) is 5.21. The standard InChI is InChI=1S/C11H17BrN2O2S/c1-13(2)8-9-14(3)17(15,16)11-7-5-4-6-10(11)12/h4-7H,8-9H2,1-3H3. The molecule has 1 aromatic rings. The molecule has 0 unspecified atom stereocenters. The highest BCUT2D eigenvalue weighted by Gasteiger charge is 2.22. The predicted molar refractivity (Wildman–Crippen MR) is 72.5 cm³/mol. The van der Waals surface area contributed by atoms with E-state index in [0.717, 1.165) is 0 Å². The molecule has 0 radical (unpaired) electrons. The third-order valence-electron chi connectivity index (χ3n) is 2.39. The Kier molecular flexibility index (Phi) is 5.12. The molecular weight excluding hydrogens is 304 g/mol. The summed E-state index contributed by atoms with van der Waals surface area (Å²) in [6.45, 7) is 1.16. The van der Waals surface area contributed by atoms with Crippen LogP contribution in [0.15, 0.2) is 33.6 Å². The van der Waals surface area contributed by atoms with E-state index in [2.05, 4.69) is 15.9 Å². The number of hydrogen-bond acceptors (Lipinski definition) is 3. The zero-order valence-corrected chi connectivity index (χ0v) is 12.6. The minimum Gasteiger partial charge on any atom is -0.308 e. The molecule has 17 heavy (non-hydrogen) atoms. The second-order valence-electron chi connectivity index (χ2n) is 4.06. The van der Waals surface area contributed by atoms with Crippen molar-refractivity contribution in [3.05, 3.63) is 28.7 Å². The van der Waals surface area contributed by atoms with Crippen LogP contribution in [0.5, 0.6) is 0 Å². The van der Waals surface area contributed by atoms with E-state index in [4.69, 9.17) is 0 Å². The highest BCUT2D eigenvalue weighted by Crippen LogP contribution is 2.23. The van der Waals surface area contributed by atoms with E-state index in [1.165, 1.54) is 4.31 Å². The molecule has 0 aliphatic heterocycles. The van der Waals surface area contributed by atoms with Crippen LogP contribution in [0.2, 0.25) is 0 Å². The fourth-order valence-corrected chi connectivity index (χ4v) is 3.40. The number of rotatable bonds is 5. The average Bonchev–Trinajstić information content (AvgIpc) is 2.26. The Labute approximate surface area is 111 Å². The monoisotopic (exact) mass is 320 g/mol. The Morgan fingerprint density at radius 3 is 2.24 bits per heavy atom. The van der Waals surface area contributed by atoms with Gasteiger partial charge in [0.15, 0.2) is 0 Å². The third-order valence-corrected chi connectivity index (χ3v) is 5.26. The maximum absolute atomic E-state index is 12.2. The van der Waals surface area contributed by atoms with Crippen LogP contribution >= 0.6 is 15.9 Å². The molecule has 0 aliphatic rings. The summed E-state index contributed by atoms with van der Waals surface area (Å²) in [7, 11) is 2.02. The molecule has 0 N–H and O–H groups in total. The topological polar surface area (TPSA) is 40.6 Å². The minimum absolute atomic E-state index is 0.307. The van der Waals surface area contributed by atoms with Gasteiger partial charge in [-0.3, -0.25) is 0 Å². The Morgan fingerprint density at radius 2 is 1.71 bits per heavy atom. The van der Waals surface area contributed by atoms with Crippen LogP contribution in [0.1, 0.15) is 0 Å². The first-order chi connectivity index (χ1) is 7.85. The molecule has 0 bridgehead atoms. The van der Waals surface area contributed by atoms with E-state index in [-0.39, 0.29) is 0 Å². The molecule has 1 aromatic carbocycles. The summed E-state index contributed by atoms with van der Waals surface area (Å²) in [5.74, 6) is 0. The summed E-state index contributed by atoms with van der Waals surface area (Å²) in [5, 5.41) is 0. The summed E-state index contributed by atoms with van der Waals surface area (Å²) in [4.78, 5) is 2.26. The molecule has 96 valence electrons. The molecule has 1 rings (SSSR count). The Hall–Kier alpha value is -0.430.